The number of hydrogen-bond acceptors (Lipinski definition) is 3. The van der Waals surface area contributed by atoms with E-state index in [1.165, 1.54) is 18.4 Å². The molecule has 2 atom stereocenters. The van der Waals surface area contributed by atoms with Gasteiger partial charge in [-0.25, -0.2) is 0 Å². The molecule has 1 heterocycles. The standard InChI is InChI=1S/C17H26ClN3/c1-13-9-17(11-19,12-21(13)16-6-7-16)20(2)10-14-4-3-5-15(18)8-14/h3-5,8,13,16H,6-7,9-12,19H2,1-2H3. The summed E-state index contributed by atoms with van der Waals surface area (Å²) in [5.41, 5.74) is 7.56. The molecule has 1 saturated heterocycles. The number of halogens is 1. The Morgan fingerprint density at radius 2 is 2.19 bits per heavy atom. The Bertz CT molecular complexity index is 503. The highest BCUT2D eigenvalue weighted by atomic mass is 35.5. The van der Waals surface area contributed by atoms with Gasteiger partial charge < -0.3 is 5.73 Å². The molecule has 3 nitrogen and oxygen atoms in total. The average Bonchev–Trinajstić information content (AvgIpc) is 3.22. The van der Waals surface area contributed by atoms with Crippen LogP contribution in [0.15, 0.2) is 24.3 Å². The summed E-state index contributed by atoms with van der Waals surface area (Å²) in [6.07, 6.45) is 3.89. The molecular formula is C17H26ClN3. The third-order valence-corrected chi connectivity index (χ3v) is 5.47. The lowest BCUT2D eigenvalue weighted by Crippen LogP contribution is -2.53. The molecule has 2 N–H and O–H groups in total. The van der Waals surface area contributed by atoms with E-state index in [-0.39, 0.29) is 5.54 Å². The fraction of sp³-hybridized carbons (Fsp3) is 0.647. The van der Waals surface area contributed by atoms with Gasteiger partial charge in [0.15, 0.2) is 0 Å². The molecule has 21 heavy (non-hydrogen) atoms. The van der Waals surface area contributed by atoms with Gasteiger partial charge in [0, 0.05) is 42.3 Å². The van der Waals surface area contributed by atoms with Gasteiger partial charge >= 0.3 is 0 Å². The second kappa shape index (κ2) is 5.88. The van der Waals surface area contributed by atoms with Crippen molar-refractivity contribution in [3.8, 4) is 0 Å². The van der Waals surface area contributed by atoms with Crippen molar-refractivity contribution in [2.24, 2.45) is 5.73 Å². The van der Waals surface area contributed by atoms with E-state index in [1.807, 2.05) is 12.1 Å². The van der Waals surface area contributed by atoms with Crippen molar-refractivity contribution in [3.05, 3.63) is 34.9 Å². The van der Waals surface area contributed by atoms with E-state index >= 15 is 0 Å². The zero-order valence-electron chi connectivity index (χ0n) is 13.1. The number of likely N-dealkylation sites (tertiary alicyclic amines) is 1. The van der Waals surface area contributed by atoms with Crippen LogP contribution < -0.4 is 5.73 Å². The number of hydrogen-bond donors (Lipinski definition) is 1. The van der Waals surface area contributed by atoms with Crippen LogP contribution in [0.25, 0.3) is 0 Å². The van der Waals surface area contributed by atoms with Crippen molar-refractivity contribution < 1.29 is 0 Å². The van der Waals surface area contributed by atoms with Gasteiger partial charge in [-0.2, -0.15) is 0 Å². The number of nitrogens with two attached hydrogens (primary N) is 1. The number of nitrogens with zero attached hydrogens (tertiary/aromatic N) is 2. The van der Waals surface area contributed by atoms with Crippen LogP contribution in [-0.4, -0.2) is 47.6 Å². The Morgan fingerprint density at radius 1 is 1.43 bits per heavy atom. The molecule has 2 unspecified atom stereocenters. The molecule has 2 fully saturated rings. The second-order valence-corrected chi connectivity index (χ2v) is 7.31. The highest BCUT2D eigenvalue weighted by molar-refractivity contribution is 6.30. The maximum atomic E-state index is 6.20. The lowest BCUT2D eigenvalue weighted by atomic mass is 9.94. The third-order valence-electron chi connectivity index (χ3n) is 5.23. The monoisotopic (exact) mass is 307 g/mol. The topological polar surface area (TPSA) is 32.5 Å². The van der Waals surface area contributed by atoms with Gasteiger partial charge in [-0.05, 0) is 50.9 Å². The van der Waals surface area contributed by atoms with E-state index in [1.54, 1.807) is 0 Å². The fourth-order valence-corrected chi connectivity index (χ4v) is 3.99. The molecule has 0 aromatic heterocycles. The van der Waals surface area contributed by atoms with Crippen molar-refractivity contribution in [1.29, 1.82) is 0 Å². The first kappa shape index (κ1) is 15.3. The summed E-state index contributed by atoms with van der Waals surface area (Å²) in [7, 11) is 2.21. The van der Waals surface area contributed by atoms with Crippen molar-refractivity contribution in [1.82, 2.24) is 9.80 Å². The summed E-state index contributed by atoms with van der Waals surface area (Å²) in [6.45, 7) is 5.08. The van der Waals surface area contributed by atoms with Gasteiger partial charge in [-0.15, -0.1) is 0 Å². The molecule has 0 spiro atoms. The molecule has 0 radical (unpaired) electrons. The van der Waals surface area contributed by atoms with Crippen molar-refractivity contribution in [2.75, 3.05) is 20.1 Å². The summed E-state index contributed by atoms with van der Waals surface area (Å²) in [5.74, 6) is 0. The van der Waals surface area contributed by atoms with Crippen LogP contribution in [0.3, 0.4) is 0 Å². The predicted octanol–water partition coefficient (Wildman–Crippen LogP) is 2.73. The lowest BCUT2D eigenvalue weighted by Gasteiger charge is -2.38. The largest absolute Gasteiger partial charge is 0.329 e. The summed E-state index contributed by atoms with van der Waals surface area (Å²) in [4.78, 5) is 5.11. The van der Waals surface area contributed by atoms with Crippen LogP contribution in [-0.2, 0) is 6.54 Å². The zero-order chi connectivity index (χ0) is 15.0. The average molecular weight is 308 g/mol. The molecule has 1 aliphatic carbocycles. The molecule has 4 heteroatoms. The van der Waals surface area contributed by atoms with Crippen molar-refractivity contribution >= 4 is 11.6 Å². The first-order valence-electron chi connectivity index (χ1n) is 7.95. The van der Waals surface area contributed by atoms with E-state index in [4.69, 9.17) is 17.3 Å². The van der Waals surface area contributed by atoms with Gasteiger partial charge in [0.25, 0.3) is 0 Å². The SMILES string of the molecule is CC1CC(CN)(N(C)Cc2cccc(Cl)c2)CN1C1CC1. The summed E-state index contributed by atoms with van der Waals surface area (Å²) >= 11 is 6.10. The maximum absolute atomic E-state index is 6.20. The first-order chi connectivity index (χ1) is 10.0. The van der Waals surface area contributed by atoms with Gasteiger partial charge in [-0.1, -0.05) is 23.7 Å². The Labute approximate surface area is 133 Å². The highest BCUT2D eigenvalue weighted by Gasteiger charge is 2.48. The van der Waals surface area contributed by atoms with Gasteiger partial charge in [0.1, 0.15) is 0 Å². The summed E-state index contributed by atoms with van der Waals surface area (Å²) < 4.78 is 0. The van der Waals surface area contributed by atoms with Crippen LogP contribution in [0.5, 0.6) is 0 Å². The van der Waals surface area contributed by atoms with E-state index in [2.05, 4.69) is 35.9 Å². The fourth-order valence-electron chi connectivity index (χ4n) is 3.78. The third kappa shape index (κ3) is 3.11. The van der Waals surface area contributed by atoms with Crippen LogP contribution in [0, 0.1) is 0 Å². The van der Waals surface area contributed by atoms with Crippen LogP contribution in [0.2, 0.25) is 5.02 Å². The van der Waals surface area contributed by atoms with Crippen LogP contribution in [0.4, 0.5) is 0 Å². The predicted molar refractivity (Wildman–Crippen MR) is 88.5 cm³/mol. The Kier molecular flexibility index (Phi) is 4.28. The van der Waals surface area contributed by atoms with Crippen molar-refractivity contribution in [2.45, 2.75) is 50.4 Å². The Hall–Kier alpha value is -0.610. The molecule has 0 bridgehead atoms. The molecule has 1 aromatic rings. The molecule has 1 aromatic carbocycles. The minimum Gasteiger partial charge on any atom is -0.329 e. The molecule has 2 aliphatic rings. The first-order valence-corrected chi connectivity index (χ1v) is 8.33. The normalized spacial score (nSPS) is 30.2. The van der Waals surface area contributed by atoms with Crippen LogP contribution in [0.1, 0.15) is 31.7 Å². The van der Waals surface area contributed by atoms with E-state index in [0.717, 1.165) is 37.1 Å². The van der Waals surface area contributed by atoms with E-state index < -0.39 is 0 Å². The van der Waals surface area contributed by atoms with Gasteiger partial charge in [0.2, 0.25) is 0 Å². The quantitative estimate of drug-likeness (QED) is 0.908. The van der Waals surface area contributed by atoms with Crippen LogP contribution >= 0.6 is 11.6 Å². The lowest BCUT2D eigenvalue weighted by molar-refractivity contribution is 0.120. The molecule has 1 aliphatic heterocycles. The number of rotatable bonds is 5. The molecule has 116 valence electrons. The smallest absolute Gasteiger partial charge is 0.0473 e. The molecular weight excluding hydrogens is 282 g/mol. The molecule has 3 rings (SSSR count). The van der Waals surface area contributed by atoms with E-state index in [0.29, 0.717) is 6.04 Å². The van der Waals surface area contributed by atoms with Gasteiger partial charge in [-0.3, -0.25) is 9.80 Å². The number of likely N-dealkylation sites (N-methyl/N-ethyl adjacent to an activating group) is 1. The van der Waals surface area contributed by atoms with Crippen molar-refractivity contribution in [3.63, 3.8) is 0 Å². The summed E-state index contributed by atoms with van der Waals surface area (Å²) in [5, 5.41) is 0.807. The Balaban J connectivity index is 1.73. The molecule has 1 saturated carbocycles. The molecule has 0 amide bonds. The minimum atomic E-state index is 0.102. The highest BCUT2D eigenvalue weighted by Crippen LogP contribution is 2.39. The number of benzene rings is 1. The second-order valence-electron chi connectivity index (χ2n) is 6.87. The zero-order valence-corrected chi connectivity index (χ0v) is 13.8. The Morgan fingerprint density at radius 3 is 2.81 bits per heavy atom. The van der Waals surface area contributed by atoms with Gasteiger partial charge in [0.05, 0.1) is 0 Å². The minimum absolute atomic E-state index is 0.102. The summed E-state index contributed by atoms with van der Waals surface area (Å²) in [6, 6.07) is 9.60. The maximum Gasteiger partial charge on any atom is 0.0473 e. The van der Waals surface area contributed by atoms with E-state index in [9.17, 15) is 0 Å².